The van der Waals surface area contributed by atoms with Crippen LogP contribution in [0, 0.1) is 0 Å². The van der Waals surface area contributed by atoms with Crippen LogP contribution in [-0.4, -0.2) is 37.3 Å². The SMILES string of the molecule is COc1ccc(N[C@H](C)C(=O)Nc2ccc3c(c2)OCCCO3)cn1. The second-order valence-electron chi connectivity index (χ2n) is 5.66. The number of nitrogens with zero attached hydrogens (tertiary/aromatic N) is 1. The average Bonchev–Trinajstić information content (AvgIpc) is 2.87. The number of hydrogen-bond donors (Lipinski definition) is 2. The molecule has 25 heavy (non-hydrogen) atoms. The van der Waals surface area contributed by atoms with Crippen LogP contribution in [0.15, 0.2) is 36.5 Å². The number of fused-ring (bicyclic) bond motifs is 1. The molecule has 7 nitrogen and oxygen atoms in total. The minimum absolute atomic E-state index is 0.162. The summed E-state index contributed by atoms with van der Waals surface area (Å²) in [4.78, 5) is 16.5. The van der Waals surface area contributed by atoms with E-state index in [1.165, 1.54) is 0 Å². The van der Waals surface area contributed by atoms with Gasteiger partial charge in [-0.15, -0.1) is 0 Å². The molecule has 1 amide bonds. The van der Waals surface area contributed by atoms with Gasteiger partial charge in [0.25, 0.3) is 0 Å². The third-order valence-corrected chi connectivity index (χ3v) is 3.74. The Labute approximate surface area is 146 Å². The molecule has 0 fully saturated rings. The molecule has 7 heteroatoms. The van der Waals surface area contributed by atoms with Gasteiger partial charge in [-0.2, -0.15) is 0 Å². The van der Waals surface area contributed by atoms with E-state index < -0.39 is 6.04 Å². The number of amides is 1. The van der Waals surface area contributed by atoms with Crippen LogP contribution in [0.25, 0.3) is 0 Å². The first-order chi connectivity index (χ1) is 12.2. The van der Waals surface area contributed by atoms with Gasteiger partial charge in [0.2, 0.25) is 11.8 Å². The van der Waals surface area contributed by atoms with Gasteiger partial charge in [0.15, 0.2) is 11.5 Å². The number of aromatic nitrogens is 1. The maximum absolute atomic E-state index is 12.4. The van der Waals surface area contributed by atoms with Crippen LogP contribution in [0.2, 0.25) is 0 Å². The lowest BCUT2D eigenvalue weighted by Crippen LogP contribution is -2.31. The summed E-state index contributed by atoms with van der Waals surface area (Å²) in [6.45, 7) is 3.02. The minimum atomic E-state index is -0.439. The fraction of sp³-hybridized carbons (Fsp3) is 0.333. The van der Waals surface area contributed by atoms with E-state index in [1.54, 1.807) is 38.4 Å². The van der Waals surface area contributed by atoms with Gasteiger partial charge in [0, 0.05) is 24.2 Å². The van der Waals surface area contributed by atoms with Crippen LogP contribution < -0.4 is 24.8 Å². The molecule has 2 aromatic rings. The summed E-state index contributed by atoms with van der Waals surface area (Å²) in [5.41, 5.74) is 1.40. The molecule has 0 aliphatic carbocycles. The molecule has 1 aromatic heterocycles. The molecule has 0 saturated carbocycles. The maximum Gasteiger partial charge on any atom is 0.246 e. The van der Waals surface area contributed by atoms with Crippen LogP contribution in [0.4, 0.5) is 11.4 Å². The molecule has 1 aliphatic heterocycles. The van der Waals surface area contributed by atoms with Gasteiger partial charge in [0.05, 0.1) is 32.2 Å². The molecule has 0 saturated heterocycles. The van der Waals surface area contributed by atoms with Gasteiger partial charge in [0.1, 0.15) is 6.04 Å². The summed E-state index contributed by atoms with van der Waals surface area (Å²) in [7, 11) is 1.56. The van der Waals surface area contributed by atoms with E-state index in [2.05, 4.69) is 15.6 Å². The Bertz CT molecular complexity index is 734. The van der Waals surface area contributed by atoms with Crippen molar-refractivity contribution in [2.24, 2.45) is 0 Å². The molecular formula is C18H21N3O4. The summed E-state index contributed by atoms with van der Waals surface area (Å²) < 4.78 is 16.2. The number of methoxy groups -OCH3 is 1. The Hall–Kier alpha value is -2.96. The Morgan fingerprint density at radius 1 is 1.16 bits per heavy atom. The number of pyridine rings is 1. The average molecular weight is 343 g/mol. The quantitative estimate of drug-likeness (QED) is 0.869. The van der Waals surface area contributed by atoms with Crippen molar-refractivity contribution < 1.29 is 19.0 Å². The van der Waals surface area contributed by atoms with Crippen molar-refractivity contribution in [3.05, 3.63) is 36.5 Å². The summed E-state index contributed by atoms with van der Waals surface area (Å²) in [5.74, 6) is 1.71. The largest absolute Gasteiger partial charge is 0.490 e. The van der Waals surface area contributed by atoms with Crippen molar-refractivity contribution in [1.82, 2.24) is 4.98 Å². The first-order valence-electron chi connectivity index (χ1n) is 8.13. The van der Waals surface area contributed by atoms with E-state index in [-0.39, 0.29) is 5.91 Å². The third kappa shape index (κ3) is 4.32. The lowest BCUT2D eigenvalue weighted by molar-refractivity contribution is -0.116. The minimum Gasteiger partial charge on any atom is -0.490 e. The molecule has 0 radical (unpaired) electrons. The Balaban J connectivity index is 1.61. The lowest BCUT2D eigenvalue weighted by atomic mass is 10.2. The zero-order valence-corrected chi connectivity index (χ0v) is 14.2. The number of benzene rings is 1. The van der Waals surface area contributed by atoms with Crippen LogP contribution in [0.3, 0.4) is 0 Å². The van der Waals surface area contributed by atoms with Crippen LogP contribution in [-0.2, 0) is 4.79 Å². The Morgan fingerprint density at radius 3 is 2.64 bits per heavy atom. The summed E-state index contributed by atoms with van der Waals surface area (Å²) >= 11 is 0. The van der Waals surface area contributed by atoms with Gasteiger partial charge in [-0.1, -0.05) is 0 Å². The Morgan fingerprint density at radius 2 is 1.92 bits per heavy atom. The monoisotopic (exact) mass is 343 g/mol. The predicted molar refractivity (Wildman–Crippen MR) is 94.6 cm³/mol. The number of ether oxygens (including phenoxy) is 3. The van der Waals surface area contributed by atoms with Gasteiger partial charge in [-0.3, -0.25) is 4.79 Å². The Kier molecular flexibility index (Phi) is 5.23. The number of carbonyl (C=O) groups is 1. The molecule has 0 bridgehead atoms. The molecular weight excluding hydrogens is 322 g/mol. The lowest BCUT2D eigenvalue weighted by Gasteiger charge is -2.16. The highest BCUT2D eigenvalue weighted by Gasteiger charge is 2.15. The van der Waals surface area contributed by atoms with Crippen molar-refractivity contribution in [3.8, 4) is 17.4 Å². The van der Waals surface area contributed by atoms with Crippen molar-refractivity contribution in [2.45, 2.75) is 19.4 Å². The van der Waals surface area contributed by atoms with E-state index >= 15 is 0 Å². The zero-order valence-electron chi connectivity index (χ0n) is 14.2. The van der Waals surface area contributed by atoms with Crippen LogP contribution in [0.1, 0.15) is 13.3 Å². The smallest absolute Gasteiger partial charge is 0.246 e. The van der Waals surface area contributed by atoms with E-state index in [0.29, 0.717) is 36.3 Å². The van der Waals surface area contributed by atoms with Crippen molar-refractivity contribution >= 4 is 17.3 Å². The van der Waals surface area contributed by atoms with Gasteiger partial charge < -0.3 is 24.8 Å². The summed E-state index contributed by atoms with van der Waals surface area (Å²) in [6.07, 6.45) is 2.46. The normalized spacial score (nSPS) is 14.2. The van der Waals surface area contributed by atoms with Crippen LogP contribution in [0.5, 0.6) is 17.4 Å². The predicted octanol–water partition coefficient (Wildman–Crippen LogP) is 2.69. The number of rotatable bonds is 5. The highest BCUT2D eigenvalue weighted by atomic mass is 16.5. The number of hydrogen-bond acceptors (Lipinski definition) is 6. The van der Waals surface area contributed by atoms with Crippen LogP contribution >= 0.6 is 0 Å². The molecule has 132 valence electrons. The highest BCUT2D eigenvalue weighted by Crippen LogP contribution is 2.32. The molecule has 2 heterocycles. The first-order valence-corrected chi connectivity index (χ1v) is 8.13. The van der Waals surface area contributed by atoms with Crippen molar-refractivity contribution in [1.29, 1.82) is 0 Å². The van der Waals surface area contributed by atoms with E-state index in [1.807, 2.05) is 12.1 Å². The molecule has 0 unspecified atom stereocenters. The summed E-state index contributed by atoms with van der Waals surface area (Å²) in [5, 5.41) is 5.97. The standard InChI is InChI=1S/C18H21N3O4/c1-12(20-14-5-7-17(23-2)19-11-14)18(22)21-13-4-6-15-16(10-13)25-9-3-8-24-15/h4-7,10-12,20H,3,8-9H2,1-2H3,(H,21,22)/t12-/m1/s1. The van der Waals surface area contributed by atoms with E-state index in [0.717, 1.165) is 12.1 Å². The van der Waals surface area contributed by atoms with Gasteiger partial charge in [-0.05, 0) is 25.1 Å². The first kappa shape index (κ1) is 16.9. The van der Waals surface area contributed by atoms with Crippen molar-refractivity contribution in [3.63, 3.8) is 0 Å². The molecule has 2 N–H and O–H groups in total. The fourth-order valence-electron chi connectivity index (χ4n) is 2.39. The van der Waals surface area contributed by atoms with Crippen molar-refractivity contribution in [2.75, 3.05) is 31.0 Å². The molecule has 1 aromatic carbocycles. The molecule has 1 atom stereocenters. The number of nitrogens with one attached hydrogen (secondary N) is 2. The maximum atomic E-state index is 12.4. The topological polar surface area (TPSA) is 81.7 Å². The number of carbonyl (C=O) groups excluding carboxylic acids is 1. The number of anilines is 2. The second kappa shape index (κ2) is 7.74. The molecule has 0 spiro atoms. The molecule has 1 aliphatic rings. The van der Waals surface area contributed by atoms with E-state index in [4.69, 9.17) is 14.2 Å². The molecule has 3 rings (SSSR count). The third-order valence-electron chi connectivity index (χ3n) is 3.74. The zero-order chi connectivity index (χ0) is 17.6. The fourth-order valence-corrected chi connectivity index (χ4v) is 2.39. The van der Waals surface area contributed by atoms with Gasteiger partial charge in [-0.25, -0.2) is 4.98 Å². The highest BCUT2D eigenvalue weighted by molar-refractivity contribution is 5.96. The van der Waals surface area contributed by atoms with E-state index in [9.17, 15) is 4.79 Å². The second-order valence-corrected chi connectivity index (χ2v) is 5.66. The van der Waals surface area contributed by atoms with Gasteiger partial charge >= 0.3 is 0 Å². The summed E-state index contributed by atoms with van der Waals surface area (Å²) in [6, 6.07) is 8.49.